The second-order valence-corrected chi connectivity index (χ2v) is 13.5. The van der Waals surface area contributed by atoms with Crippen LogP contribution >= 0.6 is 0 Å². The van der Waals surface area contributed by atoms with Crippen LogP contribution in [0.3, 0.4) is 0 Å². The Morgan fingerprint density at radius 2 is 1.44 bits per heavy atom. The lowest BCUT2D eigenvalue weighted by Gasteiger charge is -2.42. The van der Waals surface area contributed by atoms with E-state index in [4.69, 9.17) is 9.40 Å². The molecule has 6 nitrogen and oxygen atoms in total. The number of hydrogen-bond acceptors (Lipinski definition) is 5. The lowest BCUT2D eigenvalue weighted by atomic mass is 9.73. The number of furan rings is 1. The highest BCUT2D eigenvalue weighted by atomic mass is 16.3. The third kappa shape index (κ3) is 3.71. The van der Waals surface area contributed by atoms with Crippen molar-refractivity contribution in [3.63, 3.8) is 0 Å². The summed E-state index contributed by atoms with van der Waals surface area (Å²) in [5.74, 6) is 0.907. The molecule has 0 aliphatic carbocycles. The zero-order valence-corrected chi connectivity index (χ0v) is 27.1. The van der Waals surface area contributed by atoms with Crippen LogP contribution in [0.15, 0.2) is 138 Å². The van der Waals surface area contributed by atoms with Crippen LogP contribution in [-0.2, 0) is 5.41 Å². The van der Waals surface area contributed by atoms with Gasteiger partial charge in [-0.15, -0.1) is 0 Å². The molecule has 48 heavy (non-hydrogen) atoms. The molecule has 3 aromatic heterocycles. The van der Waals surface area contributed by atoms with Crippen molar-refractivity contribution in [1.29, 1.82) is 0 Å². The number of anilines is 4. The summed E-state index contributed by atoms with van der Waals surface area (Å²) in [6.45, 7) is 5.46. The van der Waals surface area contributed by atoms with Crippen LogP contribution in [0.1, 0.15) is 25.0 Å². The maximum atomic E-state index is 6.58. The van der Waals surface area contributed by atoms with Crippen LogP contribution in [0.5, 0.6) is 0 Å². The lowest BCUT2D eigenvalue weighted by Crippen LogP contribution is -2.30. The molecule has 0 N–H and O–H groups in total. The van der Waals surface area contributed by atoms with Gasteiger partial charge in [0.15, 0.2) is 5.58 Å². The first-order valence-electron chi connectivity index (χ1n) is 16.5. The molecule has 0 fully saturated rings. The summed E-state index contributed by atoms with van der Waals surface area (Å²) in [7, 11) is 2.10. The Hall–Kier alpha value is -6.01. The maximum absolute atomic E-state index is 6.58. The molecule has 10 rings (SSSR count). The van der Waals surface area contributed by atoms with Gasteiger partial charge in [0.1, 0.15) is 11.4 Å². The van der Waals surface area contributed by atoms with Gasteiger partial charge in [-0.3, -0.25) is 4.57 Å². The van der Waals surface area contributed by atoms with E-state index >= 15 is 0 Å². The molecule has 232 valence electrons. The first kappa shape index (κ1) is 27.1. The summed E-state index contributed by atoms with van der Waals surface area (Å²) in [5, 5.41) is 4.67. The van der Waals surface area contributed by atoms with E-state index in [1.807, 2.05) is 18.3 Å². The summed E-state index contributed by atoms with van der Waals surface area (Å²) in [6, 6.07) is 41.5. The zero-order chi connectivity index (χ0) is 32.1. The number of pyridine rings is 1. The van der Waals surface area contributed by atoms with Gasteiger partial charge in [-0.1, -0.05) is 74.5 Å². The molecule has 0 bridgehead atoms. The molecule has 0 spiro atoms. The van der Waals surface area contributed by atoms with E-state index in [1.165, 1.54) is 33.3 Å². The number of nitrogens with zero attached hydrogens (tertiary/aromatic N) is 5. The van der Waals surface area contributed by atoms with Crippen LogP contribution in [-0.4, -0.2) is 28.2 Å². The van der Waals surface area contributed by atoms with Crippen molar-refractivity contribution in [1.82, 2.24) is 14.5 Å². The van der Waals surface area contributed by atoms with Crippen LogP contribution in [0.2, 0.25) is 0 Å². The van der Waals surface area contributed by atoms with Crippen molar-refractivity contribution in [3.8, 4) is 5.82 Å². The summed E-state index contributed by atoms with van der Waals surface area (Å²) in [6.07, 6.45) is 6.13. The largest absolute Gasteiger partial charge is 0.454 e. The second kappa shape index (κ2) is 9.75. The third-order valence-electron chi connectivity index (χ3n) is 10.3. The average molecular weight is 624 g/mol. The van der Waals surface area contributed by atoms with E-state index in [1.54, 1.807) is 0 Å². The number of rotatable bonds is 3. The number of aromatic nitrogens is 2. The van der Waals surface area contributed by atoms with Crippen molar-refractivity contribution in [2.75, 3.05) is 23.5 Å². The summed E-state index contributed by atoms with van der Waals surface area (Å²) in [4.78, 5) is 11.7. The molecule has 2 aliphatic heterocycles. The highest BCUT2D eigenvalue weighted by Gasteiger charge is 2.38. The number of para-hydroxylation sites is 3. The topological polar surface area (TPSA) is 40.7 Å². The smallest absolute Gasteiger partial charge is 0.159 e. The minimum atomic E-state index is -0.236. The Labute approximate surface area is 278 Å². The Bertz CT molecular complexity index is 2610. The third-order valence-corrected chi connectivity index (χ3v) is 10.3. The number of hydrogen-bond donors (Lipinski definition) is 0. The zero-order valence-electron chi connectivity index (χ0n) is 27.1. The Morgan fingerprint density at radius 1 is 0.646 bits per heavy atom. The molecule has 6 heteroatoms. The average Bonchev–Trinajstić information content (AvgIpc) is 3.81. The summed E-state index contributed by atoms with van der Waals surface area (Å²) >= 11 is 0. The van der Waals surface area contributed by atoms with E-state index in [0.717, 1.165) is 56.8 Å². The molecule has 8 aromatic rings. The first-order chi connectivity index (χ1) is 23.5. The van der Waals surface area contributed by atoms with Gasteiger partial charge in [0.2, 0.25) is 0 Å². The molecule has 0 unspecified atom stereocenters. The normalized spacial score (nSPS) is 15.3. The molecular formula is C42H33N5O. The molecule has 5 aromatic carbocycles. The Kier molecular flexibility index (Phi) is 5.51. The van der Waals surface area contributed by atoms with Crippen molar-refractivity contribution < 1.29 is 4.42 Å². The van der Waals surface area contributed by atoms with Gasteiger partial charge in [-0.2, -0.15) is 0 Å². The SMILES string of the molecule is CN1C=CN(c2cc(N3c4ccccc4C(C)(C)c4cc5c6ccccc6n(-c6ccccn6)c5cc43)cc3c2oc2ccccc23)C1. The van der Waals surface area contributed by atoms with Gasteiger partial charge < -0.3 is 19.1 Å². The van der Waals surface area contributed by atoms with E-state index in [-0.39, 0.29) is 5.41 Å². The van der Waals surface area contributed by atoms with Gasteiger partial charge in [0.05, 0.1) is 34.8 Å². The Balaban J connectivity index is 1.32. The van der Waals surface area contributed by atoms with Gasteiger partial charge in [0.25, 0.3) is 0 Å². The Morgan fingerprint density at radius 3 is 2.27 bits per heavy atom. The molecule has 0 atom stereocenters. The van der Waals surface area contributed by atoms with Crippen molar-refractivity contribution in [3.05, 3.63) is 145 Å². The van der Waals surface area contributed by atoms with E-state index < -0.39 is 0 Å². The van der Waals surface area contributed by atoms with Crippen LogP contribution in [0.4, 0.5) is 22.7 Å². The molecule has 0 saturated heterocycles. The highest BCUT2D eigenvalue weighted by molar-refractivity contribution is 6.13. The van der Waals surface area contributed by atoms with Crippen LogP contribution < -0.4 is 9.80 Å². The molecular weight excluding hydrogens is 590 g/mol. The monoisotopic (exact) mass is 623 g/mol. The van der Waals surface area contributed by atoms with Crippen molar-refractivity contribution in [2.45, 2.75) is 19.3 Å². The lowest BCUT2D eigenvalue weighted by molar-refractivity contribution is 0.495. The predicted molar refractivity (Wildman–Crippen MR) is 197 cm³/mol. The number of fused-ring (bicyclic) bond motifs is 8. The fourth-order valence-electron chi connectivity index (χ4n) is 7.99. The molecule has 0 saturated carbocycles. The molecule has 5 heterocycles. The highest BCUT2D eigenvalue weighted by Crippen LogP contribution is 2.55. The van der Waals surface area contributed by atoms with Gasteiger partial charge in [0, 0.05) is 58.3 Å². The summed E-state index contributed by atoms with van der Waals surface area (Å²) in [5.41, 5.74) is 10.9. The second-order valence-electron chi connectivity index (χ2n) is 13.5. The minimum Gasteiger partial charge on any atom is -0.454 e. The fraction of sp³-hybridized carbons (Fsp3) is 0.119. The quantitative estimate of drug-likeness (QED) is 0.196. The maximum Gasteiger partial charge on any atom is 0.159 e. The van der Waals surface area contributed by atoms with Gasteiger partial charge >= 0.3 is 0 Å². The van der Waals surface area contributed by atoms with E-state index in [2.05, 4.69) is 156 Å². The first-order valence-corrected chi connectivity index (χ1v) is 16.5. The van der Waals surface area contributed by atoms with Crippen molar-refractivity contribution >= 4 is 66.5 Å². The van der Waals surface area contributed by atoms with Gasteiger partial charge in [-0.25, -0.2) is 4.98 Å². The van der Waals surface area contributed by atoms with Gasteiger partial charge in [-0.05, 0) is 65.7 Å². The minimum absolute atomic E-state index is 0.236. The molecule has 2 aliphatic rings. The van der Waals surface area contributed by atoms with Crippen LogP contribution in [0.25, 0.3) is 49.6 Å². The number of benzene rings is 5. The summed E-state index contributed by atoms with van der Waals surface area (Å²) < 4.78 is 8.88. The molecule has 0 radical (unpaired) electrons. The van der Waals surface area contributed by atoms with Crippen LogP contribution in [0, 0.1) is 0 Å². The van der Waals surface area contributed by atoms with E-state index in [9.17, 15) is 0 Å². The fourth-order valence-corrected chi connectivity index (χ4v) is 7.99. The van der Waals surface area contributed by atoms with E-state index in [0.29, 0.717) is 0 Å². The van der Waals surface area contributed by atoms with Crippen molar-refractivity contribution in [2.24, 2.45) is 0 Å². The molecule has 0 amide bonds. The standard InChI is InChI=1S/C42H33N5O/c1-42(2)32-14-6-8-16-35(32)46(27-22-31-29-13-5-9-17-39(29)48-41(31)38(23-27)45-21-20-44(3)26-45)37-25-36-30(24-33(37)42)28-12-4-7-15-34(28)47(36)40-18-10-11-19-43-40/h4-25H,26H2,1-3H3. The predicted octanol–water partition coefficient (Wildman–Crippen LogP) is 10.4.